The quantitative estimate of drug-likeness (QED) is 0.290. The maximum Gasteiger partial charge on any atom is 0.573 e. The van der Waals surface area contributed by atoms with Gasteiger partial charge in [-0.2, -0.15) is 0 Å². The molecule has 0 aliphatic heterocycles. The van der Waals surface area contributed by atoms with E-state index in [-0.39, 0.29) is 41.9 Å². The van der Waals surface area contributed by atoms with Crippen LogP contribution in [0, 0.1) is 29.2 Å². The first-order valence-electron chi connectivity index (χ1n) is 10.8. The highest BCUT2D eigenvalue weighted by atomic mass is 19.4. The second-order valence-electron chi connectivity index (χ2n) is 8.33. The molecule has 0 N–H and O–H groups in total. The standard InChI is InChI=1S/C24H25F7O/c1-2-3-4-5-15-11-19(25)18(20(26)12-15)9-7-14-6-8-17-16(10-14)13-21(27)23(22(17)28)32-24(29,30)31/h11-14H,2-10H2,1H3. The van der Waals surface area contributed by atoms with Crippen LogP contribution in [0.2, 0.25) is 0 Å². The summed E-state index contributed by atoms with van der Waals surface area (Å²) in [6.45, 7) is 2.05. The third-order valence-corrected chi connectivity index (χ3v) is 5.97. The molecule has 1 unspecified atom stereocenters. The molecule has 0 saturated carbocycles. The summed E-state index contributed by atoms with van der Waals surface area (Å²) in [4.78, 5) is 0. The van der Waals surface area contributed by atoms with Gasteiger partial charge in [0.25, 0.3) is 0 Å². The molecule has 1 aliphatic carbocycles. The Labute approximate surface area is 182 Å². The highest BCUT2D eigenvalue weighted by Gasteiger charge is 2.36. The average molecular weight is 462 g/mol. The molecule has 2 aromatic carbocycles. The van der Waals surface area contributed by atoms with E-state index >= 15 is 0 Å². The van der Waals surface area contributed by atoms with Gasteiger partial charge in [0.1, 0.15) is 11.6 Å². The van der Waals surface area contributed by atoms with Gasteiger partial charge in [-0.1, -0.05) is 19.8 Å². The zero-order valence-corrected chi connectivity index (χ0v) is 17.7. The summed E-state index contributed by atoms with van der Waals surface area (Å²) in [6.07, 6.45) is -0.476. The normalized spacial score (nSPS) is 16.2. The zero-order chi connectivity index (χ0) is 23.5. The van der Waals surface area contributed by atoms with Gasteiger partial charge in [0.15, 0.2) is 11.6 Å². The van der Waals surface area contributed by atoms with Crippen LogP contribution in [0.5, 0.6) is 5.75 Å². The van der Waals surface area contributed by atoms with Crippen LogP contribution in [0.3, 0.4) is 0 Å². The molecule has 0 bridgehead atoms. The first-order chi connectivity index (χ1) is 15.1. The van der Waals surface area contributed by atoms with Crippen molar-refractivity contribution in [3.8, 4) is 5.75 Å². The van der Waals surface area contributed by atoms with E-state index < -0.39 is 35.4 Å². The van der Waals surface area contributed by atoms with Crippen LogP contribution in [0.1, 0.15) is 61.3 Å². The van der Waals surface area contributed by atoms with Crippen LogP contribution in [-0.2, 0) is 25.7 Å². The molecule has 2 aromatic rings. The summed E-state index contributed by atoms with van der Waals surface area (Å²) in [7, 11) is 0. The lowest BCUT2D eigenvalue weighted by atomic mass is 9.80. The Hall–Kier alpha value is -2.25. The number of hydrogen-bond acceptors (Lipinski definition) is 1. The maximum absolute atomic E-state index is 14.5. The van der Waals surface area contributed by atoms with Crippen LogP contribution in [-0.4, -0.2) is 6.36 Å². The number of fused-ring (bicyclic) bond motifs is 1. The molecule has 176 valence electrons. The largest absolute Gasteiger partial charge is 0.573 e. The molecule has 32 heavy (non-hydrogen) atoms. The fourth-order valence-electron chi connectivity index (χ4n) is 4.32. The van der Waals surface area contributed by atoms with E-state index in [1.54, 1.807) is 0 Å². The van der Waals surface area contributed by atoms with E-state index in [0.29, 0.717) is 24.8 Å². The molecule has 8 heteroatoms. The molecular formula is C24H25F7O. The van der Waals surface area contributed by atoms with Crippen molar-refractivity contribution >= 4 is 0 Å². The topological polar surface area (TPSA) is 9.23 Å². The van der Waals surface area contributed by atoms with Crippen LogP contribution in [0.4, 0.5) is 30.7 Å². The fraction of sp³-hybridized carbons (Fsp3) is 0.500. The molecule has 0 radical (unpaired) electrons. The predicted octanol–water partition coefficient (Wildman–Crippen LogP) is 7.61. The van der Waals surface area contributed by atoms with E-state index in [1.807, 2.05) is 6.92 Å². The minimum absolute atomic E-state index is 0.00399. The number of halogens is 7. The van der Waals surface area contributed by atoms with Crippen molar-refractivity contribution in [1.29, 1.82) is 0 Å². The summed E-state index contributed by atoms with van der Waals surface area (Å²) in [5, 5.41) is 0. The molecule has 1 nitrogen and oxygen atoms in total. The third-order valence-electron chi connectivity index (χ3n) is 5.97. The number of unbranched alkanes of at least 4 members (excludes halogenated alkanes) is 2. The first kappa shape index (κ1) is 24.4. The van der Waals surface area contributed by atoms with Crippen molar-refractivity contribution in [3.63, 3.8) is 0 Å². The molecule has 1 aliphatic rings. The number of hydrogen-bond donors (Lipinski definition) is 0. The van der Waals surface area contributed by atoms with Crippen molar-refractivity contribution in [1.82, 2.24) is 0 Å². The van der Waals surface area contributed by atoms with E-state index in [0.717, 1.165) is 25.3 Å². The Balaban J connectivity index is 1.67. The molecule has 0 saturated heterocycles. The molecule has 0 fully saturated rings. The highest BCUT2D eigenvalue weighted by molar-refractivity contribution is 5.41. The van der Waals surface area contributed by atoms with Crippen LogP contribution in [0.25, 0.3) is 0 Å². The molecule has 1 atom stereocenters. The van der Waals surface area contributed by atoms with Gasteiger partial charge in [-0.3, -0.25) is 0 Å². The maximum atomic E-state index is 14.5. The second-order valence-corrected chi connectivity index (χ2v) is 8.33. The van der Waals surface area contributed by atoms with Gasteiger partial charge in [0.05, 0.1) is 0 Å². The van der Waals surface area contributed by atoms with E-state index in [9.17, 15) is 30.7 Å². The minimum Gasteiger partial charge on any atom is -0.399 e. The van der Waals surface area contributed by atoms with Gasteiger partial charge in [-0.15, -0.1) is 13.2 Å². The summed E-state index contributed by atoms with van der Waals surface area (Å²) in [5.41, 5.74) is 0.863. The SMILES string of the molecule is CCCCCc1cc(F)c(CCC2CCc3c(cc(F)c(OC(F)(F)F)c3F)C2)c(F)c1. The van der Waals surface area contributed by atoms with Crippen molar-refractivity contribution in [2.24, 2.45) is 5.92 Å². The first-order valence-corrected chi connectivity index (χ1v) is 10.8. The molecule has 0 aromatic heterocycles. The lowest BCUT2D eigenvalue weighted by molar-refractivity contribution is -0.276. The van der Waals surface area contributed by atoms with Gasteiger partial charge in [0, 0.05) is 5.56 Å². The lowest BCUT2D eigenvalue weighted by Crippen LogP contribution is -2.22. The van der Waals surface area contributed by atoms with Crippen molar-refractivity contribution in [2.45, 2.75) is 71.1 Å². The van der Waals surface area contributed by atoms with E-state index in [4.69, 9.17) is 0 Å². The van der Waals surface area contributed by atoms with Crippen LogP contribution in [0.15, 0.2) is 18.2 Å². The van der Waals surface area contributed by atoms with Crippen LogP contribution >= 0.6 is 0 Å². The number of rotatable bonds is 8. The molecular weight excluding hydrogens is 437 g/mol. The summed E-state index contributed by atoms with van der Waals surface area (Å²) >= 11 is 0. The molecule has 0 amide bonds. The molecule has 0 heterocycles. The monoisotopic (exact) mass is 462 g/mol. The molecule has 3 rings (SSSR count). The summed E-state index contributed by atoms with van der Waals surface area (Å²) in [6, 6.07) is 3.58. The lowest BCUT2D eigenvalue weighted by Gasteiger charge is -2.26. The zero-order valence-electron chi connectivity index (χ0n) is 17.7. The number of aryl methyl sites for hydroxylation is 1. The summed E-state index contributed by atoms with van der Waals surface area (Å²) in [5.74, 6) is -5.50. The van der Waals surface area contributed by atoms with Gasteiger partial charge >= 0.3 is 6.36 Å². The Bertz CT molecular complexity index is 929. The minimum atomic E-state index is -5.20. The smallest absolute Gasteiger partial charge is 0.399 e. The van der Waals surface area contributed by atoms with Gasteiger partial charge in [0.2, 0.25) is 5.75 Å². The Kier molecular flexibility index (Phi) is 7.72. The Morgan fingerprint density at radius 2 is 1.62 bits per heavy atom. The predicted molar refractivity (Wildman–Crippen MR) is 106 cm³/mol. The molecule has 0 spiro atoms. The van der Waals surface area contributed by atoms with Gasteiger partial charge < -0.3 is 4.74 Å². The Morgan fingerprint density at radius 1 is 0.938 bits per heavy atom. The summed E-state index contributed by atoms with van der Waals surface area (Å²) < 4.78 is 98.1. The van der Waals surface area contributed by atoms with Crippen molar-refractivity contribution in [2.75, 3.05) is 0 Å². The Morgan fingerprint density at radius 3 is 2.25 bits per heavy atom. The number of ether oxygens (including phenoxy) is 1. The third kappa shape index (κ3) is 5.95. The van der Waals surface area contributed by atoms with Gasteiger partial charge in [-0.05, 0) is 85.8 Å². The number of alkyl halides is 3. The van der Waals surface area contributed by atoms with Crippen LogP contribution < -0.4 is 4.74 Å². The van der Waals surface area contributed by atoms with Gasteiger partial charge in [-0.25, -0.2) is 17.6 Å². The van der Waals surface area contributed by atoms with Crippen molar-refractivity contribution in [3.05, 3.63) is 63.7 Å². The van der Waals surface area contributed by atoms with E-state index in [1.165, 1.54) is 12.1 Å². The van der Waals surface area contributed by atoms with E-state index in [2.05, 4.69) is 4.74 Å². The van der Waals surface area contributed by atoms with Crippen molar-refractivity contribution < 1.29 is 35.5 Å². The fourth-order valence-corrected chi connectivity index (χ4v) is 4.32. The highest BCUT2D eigenvalue weighted by Crippen LogP contribution is 2.37. The number of benzene rings is 2. The second kappa shape index (κ2) is 10.1. The average Bonchev–Trinajstić information content (AvgIpc) is 2.70.